The predicted molar refractivity (Wildman–Crippen MR) is 66.9 cm³/mol. The maximum absolute atomic E-state index is 12.5. The molecule has 3 atom stereocenters. The third-order valence-corrected chi connectivity index (χ3v) is 4.12. The Morgan fingerprint density at radius 2 is 1.82 bits per heavy atom. The molecule has 0 bridgehead atoms. The Balaban J connectivity index is 2.01. The van der Waals surface area contributed by atoms with Crippen molar-refractivity contribution in [3.63, 3.8) is 0 Å². The molecule has 4 heteroatoms. The van der Waals surface area contributed by atoms with E-state index in [4.69, 9.17) is 4.74 Å². The molecule has 0 aromatic rings. The number of likely N-dealkylation sites (tertiary alicyclic amines) is 1. The summed E-state index contributed by atoms with van der Waals surface area (Å²) in [7, 11) is 0. The molecule has 2 rings (SSSR count). The van der Waals surface area contributed by atoms with Crippen LogP contribution >= 0.6 is 0 Å². The van der Waals surface area contributed by atoms with Gasteiger partial charge in [0.15, 0.2) is 0 Å². The van der Waals surface area contributed by atoms with Crippen LogP contribution in [0.4, 0.5) is 4.79 Å². The number of morpholine rings is 1. The molecule has 2 fully saturated rings. The summed E-state index contributed by atoms with van der Waals surface area (Å²) in [5.41, 5.74) is 0. The first-order chi connectivity index (χ1) is 8.09. The van der Waals surface area contributed by atoms with E-state index in [0.29, 0.717) is 31.1 Å². The molecule has 2 saturated heterocycles. The highest BCUT2D eigenvalue weighted by Crippen LogP contribution is 2.27. The standard InChI is InChI=1S/C13H24N2O2/c1-10-8-11(2)12(3)15(9-10)13(16)14-4-6-17-7-5-14/h10-12H,4-9H2,1-3H3. The second kappa shape index (κ2) is 5.25. The Bertz CT molecular complexity index is 277. The molecule has 2 aliphatic rings. The number of piperidine rings is 1. The first-order valence-electron chi connectivity index (χ1n) is 6.73. The maximum Gasteiger partial charge on any atom is 0.320 e. The van der Waals surface area contributed by atoms with Crippen LogP contribution < -0.4 is 0 Å². The van der Waals surface area contributed by atoms with E-state index < -0.39 is 0 Å². The van der Waals surface area contributed by atoms with Crippen molar-refractivity contribution in [1.82, 2.24) is 9.80 Å². The van der Waals surface area contributed by atoms with Crippen molar-refractivity contribution in [2.24, 2.45) is 11.8 Å². The first kappa shape index (κ1) is 12.7. The van der Waals surface area contributed by atoms with Gasteiger partial charge in [-0.1, -0.05) is 13.8 Å². The zero-order valence-corrected chi connectivity index (χ0v) is 11.2. The zero-order chi connectivity index (χ0) is 12.4. The number of hydrogen-bond acceptors (Lipinski definition) is 2. The minimum absolute atomic E-state index is 0.208. The molecule has 0 radical (unpaired) electrons. The van der Waals surface area contributed by atoms with Gasteiger partial charge in [-0.25, -0.2) is 4.79 Å². The molecule has 0 N–H and O–H groups in total. The van der Waals surface area contributed by atoms with E-state index in [9.17, 15) is 4.79 Å². The van der Waals surface area contributed by atoms with E-state index in [-0.39, 0.29) is 6.03 Å². The Morgan fingerprint density at radius 1 is 1.18 bits per heavy atom. The number of nitrogens with zero attached hydrogens (tertiary/aromatic N) is 2. The lowest BCUT2D eigenvalue weighted by molar-refractivity contribution is 0.0265. The first-order valence-corrected chi connectivity index (χ1v) is 6.73. The van der Waals surface area contributed by atoms with Crippen LogP contribution in [-0.2, 0) is 4.74 Å². The van der Waals surface area contributed by atoms with Crippen LogP contribution in [0, 0.1) is 11.8 Å². The van der Waals surface area contributed by atoms with Crippen molar-refractivity contribution in [1.29, 1.82) is 0 Å². The highest BCUT2D eigenvalue weighted by atomic mass is 16.5. The predicted octanol–water partition coefficient (Wildman–Crippen LogP) is 1.80. The van der Waals surface area contributed by atoms with Gasteiger partial charge in [0.2, 0.25) is 0 Å². The van der Waals surface area contributed by atoms with Gasteiger partial charge in [-0.15, -0.1) is 0 Å². The summed E-state index contributed by atoms with van der Waals surface area (Å²) in [5.74, 6) is 1.22. The van der Waals surface area contributed by atoms with Crippen LogP contribution in [-0.4, -0.2) is 54.7 Å². The third kappa shape index (κ3) is 2.73. The highest BCUT2D eigenvalue weighted by molar-refractivity contribution is 5.75. The van der Waals surface area contributed by atoms with Gasteiger partial charge in [0.25, 0.3) is 0 Å². The van der Waals surface area contributed by atoms with Gasteiger partial charge in [0.05, 0.1) is 13.2 Å². The zero-order valence-electron chi connectivity index (χ0n) is 11.2. The van der Waals surface area contributed by atoms with Crippen LogP contribution in [0.5, 0.6) is 0 Å². The summed E-state index contributed by atoms with van der Waals surface area (Å²) in [5, 5.41) is 0. The molecule has 17 heavy (non-hydrogen) atoms. The number of hydrogen-bond donors (Lipinski definition) is 0. The van der Waals surface area contributed by atoms with E-state index in [1.165, 1.54) is 6.42 Å². The second-order valence-electron chi connectivity index (χ2n) is 5.59. The van der Waals surface area contributed by atoms with Crippen molar-refractivity contribution >= 4 is 6.03 Å². The summed E-state index contributed by atoms with van der Waals surface area (Å²) in [6.07, 6.45) is 1.23. The van der Waals surface area contributed by atoms with Gasteiger partial charge in [0, 0.05) is 25.7 Å². The molecule has 0 aromatic carbocycles. The summed E-state index contributed by atoms with van der Waals surface area (Å²) in [6.45, 7) is 10.4. The molecule has 2 aliphatic heterocycles. The summed E-state index contributed by atoms with van der Waals surface area (Å²) in [4.78, 5) is 16.4. The largest absolute Gasteiger partial charge is 0.378 e. The number of urea groups is 1. The van der Waals surface area contributed by atoms with Crippen molar-refractivity contribution in [2.45, 2.75) is 33.2 Å². The number of carbonyl (C=O) groups excluding carboxylic acids is 1. The lowest BCUT2D eigenvalue weighted by atomic mass is 9.86. The molecule has 3 unspecified atom stereocenters. The van der Waals surface area contributed by atoms with Crippen molar-refractivity contribution in [2.75, 3.05) is 32.8 Å². The number of amides is 2. The normalized spacial score (nSPS) is 34.9. The Kier molecular flexibility index (Phi) is 3.92. The molecule has 0 saturated carbocycles. The molecule has 0 aliphatic carbocycles. The van der Waals surface area contributed by atoms with E-state index in [2.05, 4.69) is 25.7 Å². The third-order valence-electron chi connectivity index (χ3n) is 4.12. The van der Waals surface area contributed by atoms with Crippen molar-refractivity contribution < 1.29 is 9.53 Å². The van der Waals surface area contributed by atoms with Crippen molar-refractivity contribution in [3.05, 3.63) is 0 Å². The molecule has 98 valence electrons. The quantitative estimate of drug-likeness (QED) is 0.647. The van der Waals surface area contributed by atoms with Gasteiger partial charge < -0.3 is 14.5 Å². The number of carbonyl (C=O) groups is 1. The number of ether oxygens (including phenoxy) is 1. The van der Waals surface area contributed by atoms with Crippen LogP contribution in [0.2, 0.25) is 0 Å². The topological polar surface area (TPSA) is 32.8 Å². The van der Waals surface area contributed by atoms with Gasteiger partial charge in [-0.2, -0.15) is 0 Å². The van der Waals surface area contributed by atoms with E-state index in [1.807, 2.05) is 4.90 Å². The fraction of sp³-hybridized carbons (Fsp3) is 0.923. The van der Waals surface area contributed by atoms with Gasteiger partial charge in [-0.3, -0.25) is 0 Å². The van der Waals surface area contributed by atoms with Crippen molar-refractivity contribution in [3.8, 4) is 0 Å². The molecule has 2 amide bonds. The van der Waals surface area contributed by atoms with Gasteiger partial charge >= 0.3 is 6.03 Å². The van der Waals surface area contributed by atoms with Crippen LogP contribution in [0.15, 0.2) is 0 Å². The van der Waals surface area contributed by atoms with Gasteiger partial charge in [-0.05, 0) is 25.2 Å². The molecule has 0 spiro atoms. The minimum Gasteiger partial charge on any atom is -0.378 e. The molecular weight excluding hydrogens is 216 g/mol. The summed E-state index contributed by atoms with van der Waals surface area (Å²) >= 11 is 0. The Labute approximate surface area is 104 Å². The van der Waals surface area contributed by atoms with Gasteiger partial charge in [0.1, 0.15) is 0 Å². The fourth-order valence-corrected chi connectivity index (χ4v) is 2.90. The average molecular weight is 240 g/mol. The SMILES string of the molecule is CC1CC(C)C(C)N(C(=O)N2CCOCC2)C1. The number of rotatable bonds is 0. The molecule has 4 nitrogen and oxygen atoms in total. The minimum atomic E-state index is 0.208. The molecule has 2 heterocycles. The lowest BCUT2D eigenvalue weighted by Gasteiger charge is -2.43. The van der Waals surface area contributed by atoms with E-state index in [1.54, 1.807) is 0 Å². The Morgan fingerprint density at radius 3 is 2.47 bits per heavy atom. The highest BCUT2D eigenvalue weighted by Gasteiger charge is 2.34. The van der Waals surface area contributed by atoms with E-state index >= 15 is 0 Å². The molecular formula is C13H24N2O2. The second-order valence-corrected chi connectivity index (χ2v) is 5.59. The maximum atomic E-state index is 12.5. The summed E-state index contributed by atoms with van der Waals surface area (Å²) < 4.78 is 5.29. The molecule has 0 aromatic heterocycles. The Hall–Kier alpha value is -0.770. The van der Waals surface area contributed by atoms with Crippen LogP contribution in [0.3, 0.4) is 0 Å². The smallest absolute Gasteiger partial charge is 0.320 e. The average Bonchev–Trinajstić information content (AvgIpc) is 2.34. The van der Waals surface area contributed by atoms with E-state index in [0.717, 1.165) is 19.6 Å². The summed E-state index contributed by atoms with van der Waals surface area (Å²) in [6, 6.07) is 0.570. The van der Waals surface area contributed by atoms with Crippen LogP contribution in [0.1, 0.15) is 27.2 Å². The monoisotopic (exact) mass is 240 g/mol. The fourth-order valence-electron chi connectivity index (χ4n) is 2.90. The lowest BCUT2D eigenvalue weighted by Crippen LogP contribution is -2.55. The van der Waals surface area contributed by atoms with Crippen LogP contribution in [0.25, 0.3) is 0 Å².